The van der Waals surface area contributed by atoms with Gasteiger partial charge in [-0.2, -0.15) is 0 Å². The van der Waals surface area contributed by atoms with Crippen LogP contribution < -0.4 is 5.32 Å². The van der Waals surface area contributed by atoms with Gasteiger partial charge in [-0.25, -0.2) is 0 Å². The molecule has 1 atom stereocenters. The highest BCUT2D eigenvalue weighted by atomic mass is 32.2. The third-order valence-electron chi connectivity index (χ3n) is 2.96. The monoisotopic (exact) mass is 250 g/mol. The van der Waals surface area contributed by atoms with E-state index in [1.807, 2.05) is 11.8 Å². The van der Waals surface area contributed by atoms with E-state index in [-0.39, 0.29) is 5.91 Å². The van der Waals surface area contributed by atoms with E-state index >= 15 is 0 Å². The van der Waals surface area contributed by atoms with Gasteiger partial charge < -0.3 is 10.2 Å². The van der Waals surface area contributed by atoms with Gasteiger partial charge in [-0.15, -0.1) is 11.8 Å². The second-order valence-electron chi connectivity index (χ2n) is 4.40. The van der Waals surface area contributed by atoms with Gasteiger partial charge >= 0.3 is 0 Å². The molecule has 1 aromatic rings. The Morgan fingerprint density at radius 3 is 3.00 bits per heavy atom. The summed E-state index contributed by atoms with van der Waals surface area (Å²) in [5, 5.41) is 3.35. The van der Waals surface area contributed by atoms with Crippen molar-refractivity contribution in [1.29, 1.82) is 0 Å². The van der Waals surface area contributed by atoms with Gasteiger partial charge in [0, 0.05) is 25.0 Å². The van der Waals surface area contributed by atoms with Gasteiger partial charge in [0.2, 0.25) is 5.91 Å². The molecule has 0 bridgehead atoms. The van der Waals surface area contributed by atoms with Crippen molar-refractivity contribution in [1.82, 2.24) is 10.2 Å². The number of benzene rings is 1. The van der Waals surface area contributed by atoms with Crippen molar-refractivity contribution < 1.29 is 4.79 Å². The molecular formula is C13H18N2OS. The molecule has 1 heterocycles. The van der Waals surface area contributed by atoms with Gasteiger partial charge in [-0.1, -0.05) is 18.2 Å². The Balaban J connectivity index is 2.01. The van der Waals surface area contributed by atoms with Crippen LogP contribution in [0.4, 0.5) is 0 Å². The second kappa shape index (κ2) is 5.56. The molecule has 92 valence electrons. The second-order valence-corrected chi connectivity index (χ2v) is 5.53. The van der Waals surface area contributed by atoms with Crippen LogP contribution in [0, 0.1) is 0 Å². The van der Waals surface area contributed by atoms with Crippen LogP contribution in [0.2, 0.25) is 0 Å². The molecule has 2 rings (SSSR count). The van der Waals surface area contributed by atoms with E-state index in [0.29, 0.717) is 12.6 Å². The highest BCUT2D eigenvalue weighted by Crippen LogP contribution is 2.35. The summed E-state index contributed by atoms with van der Waals surface area (Å²) in [6, 6.07) is 8.75. The molecule has 17 heavy (non-hydrogen) atoms. The summed E-state index contributed by atoms with van der Waals surface area (Å²) in [6.07, 6.45) is 1.09. The number of amides is 1. The van der Waals surface area contributed by atoms with Gasteiger partial charge in [0.1, 0.15) is 0 Å². The number of thioether (sulfide) groups is 1. The van der Waals surface area contributed by atoms with Gasteiger partial charge in [-0.3, -0.25) is 4.79 Å². The quantitative estimate of drug-likeness (QED) is 0.889. The summed E-state index contributed by atoms with van der Waals surface area (Å²) in [5.74, 6) is 1.24. The summed E-state index contributed by atoms with van der Waals surface area (Å²) in [4.78, 5) is 14.5. The fourth-order valence-electron chi connectivity index (χ4n) is 1.92. The van der Waals surface area contributed by atoms with Crippen molar-refractivity contribution in [2.24, 2.45) is 0 Å². The lowest BCUT2D eigenvalue weighted by Crippen LogP contribution is -2.35. The zero-order chi connectivity index (χ0) is 12.3. The summed E-state index contributed by atoms with van der Waals surface area (Å²) in [7, 11) is 3.57. The minimum atomic E-state index is 0.126. The Morgan fingerprint density at radius 1 is 1.47 bits per heavy atom. The molecule has 0 aromatic heterocycles. The predicted octanol–water partition coefficient (Wildman–Crippen LogP) is 1.90. The van der Waals surface area contributed by atoms with E-state index in [1.165, 1.54) is 10.5 Å². The predicted molar refractivity (Wildman–Crippen MR) is 71.2 cm³/mol. The standard InChI is InChI=1S/C13H18N2OS/c1-15(2)13(16)9-14-11-7-8-17-12-6-4-3-5-10(11)12/h3-6,11,14H,7-9H2,1-2H3. The number of carbonyl (C=O) groups is 1. The number of likely N-dealkylation sites (N-methyl/N-ethyl adjacent to an activating group) is 1. The number of hydrogen-bond donors (Lipinski definition) is 1. The molecule has 0 radical (unpaired) electrons. The van der Waals surface area contributed by atoms with Crippen LogP contribution >= 0.6 is 11.8 Å². The van der Waals surface area contributed by atoms with Gasteiger partial charge in [0.25, 0.3) is 0 Å². The van der Waals surface area contributed by atoms with Crippen molar-refractivity contribution in [2.75, 3.05) is 26.4 Å². The number of carbonyl (C=O) groups excluding carboxylic acids is 1. The highest BCUT2D eigenvalue weighted by Gasteiger charge is 2.20. The van der Waals surface area contributed by atoms with Gasteiger partial charge in [0.05, 0.1) is 6.54 Å². The van der Waals surface area contributed by atoms with E-state index in [1.54, 1.807) is 19.0 Å². The van der Waals surface area contributed by atoms with Crippen molar-refractivity contribution in [3.8, 4) is 0 Å². The first-order chi connectivity index (χ1) is 8.18. The largest absolute Gasteiger partial charge is 0.348 e. The summed E-state index contributed by atoms with van der Waals surface area (Å²) in [6.45, 7) is 0.413. The first-order valence-electron chi connectivity index (χ1n) is 5.84. The molecule has 1 aliphatic rings. The zero-order valence-electron chi connectivity index (χ0n) is 10.3. The molecule has 0 spiro atoms. The van der Waals surface area contributed by atoms with E-state index in [9.17, 15) is 4.79 Å². The Labute approximate surface area is 107 Å². The first kappa shape index (κ1) is 12.5. The summed E-state index contributed by atoms with van der Waals surface area (Å²) in [5.41, 5.74) is 1.33. The average Bonchev–Trinajstić information content (AvgIpc) is 2.35. The smallest absolute Gasteiger partial charge is 0.236 e. The molecule has 1 N–H and O–H groups in total. The Hall–Kier alpha value is -1.00. The number of nitrogens with zero attached hydrogens (tertiary/aromatic N) is 1. The first-order valence-corrected chi connectivity index (χ1v) is 6.82. The number of fused-ring (bicyclic) bond motifs is 1. The maximum atomic E-state index is 11.6. The SMILES string of the molecule is CN(C)C(=O)CNC1CCSc2ccccc21. The molecule has 0 saturated carbocycles. The van der Waals surface area contributed by atoms with Crippen LogP contribution in [0.15, 0.2) is 29.2 Å². The topological polar surface area (TPSA) is 32.3 Å². The van der Waals surface area contributed by atoms with Crippen molar-refractivity contribution in [2.45, 2.75) is 17.4 Å². The average molecular weight is 250 g/mol. The molecule has 1 aliphatic heterocycles. The van der Waals surface area contributed by atoms with Gasteiger partial charge in [0.15, 0.2) is 0 Å². The van der Waals surface area contributed by atoms with Crippen LogP contribution in [0.3, 0.4) is 0 Å². The molecule has 4 heteroatoms. The molecule has 0 saturated heterocycles. The number of hydrogen-bond acceptors (Lipinski definition) is 3. The molecular weight excluding hydrogens is 232 g/mol. The molecule has 0 aliphatic carbocycles. The molecule has 0 fully saturated rings. The zero-order valence-corrected chi connectivity index (χ0v) is 11.1. The highest BCUT2D eigenvalue weighted by molar-refractivity contribution is 7.99. The summed E-state index contributed by atoms with van der Waals surface area (Å²) >= 11 is 1.90. The maximum Gasteiger partial charge on any atom is 0.236 e. The minimum absolute atomic E-state index is 0.126. The van der Waals surface area contributed by atoms with Crippen LogP contribution in [0.1, 0.15) is 18.0 Å². The lowest BCUT2D eigenvalue weighted by atomic mass is 10.0. The van der Waals surface area contributed by atoms with Crippen LogP contribution in [-0.4, -0.2) is 37.2 Å². The van der Waals surface area contributed by atoms with Gasteiger partial charge in [-0.05, 0) is 23.8 Å². The molecule has 1 amide bonds. The minimum Gasteiger partial charge on any atom is -0.348 e. The summed E-state index contributed by atoms with van der Waals surface area (Å²) < 4.78 is 0. The van der Waals surface area contributed by atoms with Crippen molar-refractivity contribution in [3.63, 3.8) is 0 Å². The fraction of sp³-hybridized carbons (Fsp3) is 0.462. The normalized spacial score (nSPS) is 18.6. The Morgan fingerprint density at radius 2 is 2.24 bits per heavy atom. The lowest BCUT2D eigenvalue weighted by molar-refractivity contribution is -0.127. The number of rotatable bonds is 3. The maximum absolute atomic E-state index is 11.6. The van der Waals surface area contributed by atoms with E-state index in [0.717, 1.165) is 12.2 Å². The lowest BCUT2D eigenvalue weighted by Gasteiger charge is -2.26. The van der Waals surface area contributed by atoms with Crippen LogP contribution in [-0.2, 0) is 4.79 Å². The van der Waals surface area contributed by atoms with Crippen molar-refractivity contribution >= 4 is 17.7 Å². The van der Waals surface area contributed by atoms with Crippen LogP contribution in [0.5, 0.6) is 0 Å². The fourth-order valence-corrected chi connectivity index (χ4v) is 3.05. The van der Waals surface area contributed by atoms with E-state index < -0.39 is 0 Å². The van der Waals surface area contributed by atoms with Crippen LogP contribution in [0.25, 0.3) is 0 Å². The van der Waals surface area contributed by atoms with E-state index in [4.69, 9.17) is 0 Å². The Bertz CT molecular complexity index is 406. The van der Waals surface area contributed by atoms with Crippen molar-refractivity contribution in [3.05, 3.63) is 29.8 Å². The molecule has 1 unspecified atom stereocenters. The van der Waals surface area contributed by atoms with E-state index in [2.05, 4.69) is 29.6 Å². The number of nitrogens with one attached hydrogen (secondary N) is 1. The molecule has 1 aromatic carbocycles. The Kier molecular flexibility index (Phi) is 4.07. The third kappa shape index (κ3) is 3.01. The molecule has 3 nitrogen and oxygen atoms in total. The third-order valence-corrected chi connectivity index (χ3v) is 4.08.